The lowest BCUT2D eigenvalue weighted by Gasteiger charge is -2.33. The molecule has 0 unspecified atom stereocenters. The first-order valence-corrected chi connectivity index (χ1v) is 10.0. The second-order valence-corrected chi connectivity index (χ2v) is 8.04. The third-order valence-electron chi connectivity index (χ3n) is 4.66. The van der Waals surface area contributed by atoms with Crippen molar-refractivity contribution in [1.29, 1.82) is 0 Å². The zero-order chi connectivity index (χ0) is 20.1. The van der Waals surface area contributed by atoms with Crippen molar-refractivity contribution in [3.8, 4) is 5.75 Å². The van der Waals surface area contributed by atoms with E-state index in [0.29, 0.717) is 24.6 Å². The Balaban J connectivity index is 1.56. The number of hydrogen-bond acceptors (Lipinski definition) is 6. The van der Waals surface area contributed by atoms with Gasteiger partial charge in [-0.1, -0.05) is 23.5 Å². The average Bonchev–Trinajstić information content (AvgIpc) is 3.14. The van der Waals surface area contributed by atoms with Crippen LogP contribution in [0.15, 0.2) is 24.3 Å². The predicted octanol–water partition coefficient (Wildman–Crippen LogP) is 2.47. The molecule has 28 heavy (non-hydrogen) atoms. The monoisotopic (exact) mass is 403 g/mol. The SMILES string of the molecule is COc1ccc(Cc2nnc(NC(=O)[C@H]3CCCN(C(=O)N(C)C)C3)s2)cc1. The lowest BCUT2D eigenvalue weighted by atomic mass is 9.97. The smallest absolute Gasteiger partial charge is 0.319 e. The number of ether oxygens (including phenoxy) is 1. The van der Waals surface area contributed by atoms with Gasteiger partial charge in [-0.3, -0.25) is 4.79 Å². The average molecular weight is 404 g/mol. The van der Waals surface area contributed by atoms with E-state index >= 15 is 0 Å². The van der Waals surface area contributed by atoms with Gasteiger partial charge in [0.05, 0.1) is 13.0 Å². The Hall–Kier alpha value is -2.68. The van der Waals surface area contributed by atoms with Crippen LogP contribution in [0.4, 0.5) is 9.93 Å². The van der Waals surface area contributed by atoms with Crippen LogP contribution < -0.4 is 10.1 Å². The van der Waals surface area contributed by atoms with Crippen LogP contribution >= 0.6 is 11.3 Å². The standard InChI is InChI=1S/C19H25N5O3S/c1-23(2)19(26)24-10-4-5-14(12-24)17(25)20-18-22-21-16(28-18)11-13-6-8-15(27-3)9-7-13/h6-9,14H,4-5,10-12H2,1-3H3,(H,20,22,25)/t14-/m0/s1. The second-order valence-electron chi connectivity index (χ2n) is 6.98. The minimum absolute atomic E-state index is 0.0600. The Morgan fingerprint density at radius 3 is 2.71 bits per heavy atom. The summed E-state index contributed by atoms with van der Waals surface area (Å²) in [5, 5.41) is 12.4. The van der Waals surface area contributed by atoms with Crippen molar-refractivity contribution in [3.05, 3.63) is 34.8 Å². The van der Waals surface area contributed by atoms with Gasteiger partial charge in [-0.25, -0.2) is 4.79 Å². The number of anilines is 1. The van der Waals surface area contributed by atoms with E-state index in [0.717, 1.165) is 29.2 Å². The van der Waals surface area contributed by atoms with Gasteiger partial charge in [-0.2, -0.15) is 0 Å². The number of rotatable bonds is 5. The molecule has 1 fully saturated rings. The lowest BCUT2D eigenvalue weighted by Crippen LogP contribution is -2.47. The van der Waals surface area contributed by atoms with Gasteiger partial charge in [-0.15, -0.1) is 10.2 Å². The number of hydrogen-bond donors (Lipinski definition) is 1. The van der Waals surface area contributed by atoms with Crippen LogP contribution in [-0.4, -0.2) is 66.2 Å². The third-order valence-corrected chi connectivity index (χ3v) is 5.50. The van der Waals surface area contributed by atoms with Gasteiger partial charge in [0.15, 0.2) is 0 Å². The fourth-order valence-electron chi connectivity index (χ4n) is 3.15. The molecular weight excluding hydrogens is 378 g/mol. The number of carbonyl (C=O) groups is 2. The Labute approximate surface area is 168 Å². The normalized spacial score (nSPS) is 16.5. The second kappa shape index (κ2) is 9.01. The number of nitrogens with zero attached hydrogens (tertiary/aromatic N) is 4. The number of likely N-dealkylation sites (tertiary alicyclic amines) is 1. The van der Waals surface area contributed by atoms with E-state index < -0.39 is 0 Å². The van der Waals surface area contributed by atoms with Gasteiger partial charge < -0.3 is 19.9 Å². The molecule has 150 valence electrons. The molecule has 2 aromatic rings. The van der Waals surface area contributed by atoms with Crippen LogP contribution in [0.3, 0.4) is 0 Å². The Morgan fingerprint density at radius 2 is 2.04 bits per heavy atom. The number of amides is 3. The molecule has 9 heteroatoms. The number of piperidine rings is 1. The molecule has 3 amide bonds. The fraction of sp³-hybridized carbons (Fsp3) is 0.474. The van der Waals surface area contributed by atoms with Gasteiger partial charge in [0, 0.05) is 33.6 Å². The summed E-state index contributed by atoms with van der Waals surface area (Å²) in [5.41, 5.74) is 1.10. The largest absolute Gasteiger partial charge is 0.497 e. The van der Waals surface area contributed by atoms with Gasteiger partial charge in [0.25, 0.3) is 0 Å². The first kappa shape index (κ1) is 20.1. The Morgan fingerprint density at radius 1 is 1.29 bits per heavy atom. The van der Waals surface area contributed by atoms with Crippen LogP contribution in [0.2, 0.25) is 0 Å². The molecule has 8 nitrogen and oxygen atoms in total. The van der Waals surface area contributed by atoms with Gasteiger partial charge in [0.2, 0.25) is 11.0 Å². The van der Waals surface area contributed by atoms with Crippen LogP contribution in [0.1, 0.15) is 23.4 Å². The zero-order valence-electron chi connectivity index (χ0n) is 16.3. The molecule has 0 spiro atoms. The number of aromatic nitrogens is 2. The van der Waals surface area contributed by atoms with E-state index in [1.165, 1.54) is 16.2 Å². The van der Waals surface area contributed by atoms with E-state index in [1.54, 1.807) is 26.1 Å². The third kappa shape index (κ3) is 4.98. The van der Waals surface area contributed by atoms with Crippen molar-refractivity contribution >= 4 is 28.4 Å². The maximum absolute atomic E-state index is 12.6. The lowest BCUT2D eigenvalue weighted by molar-refractivity contribution is -0.121. The highest BCUT2D eigenvalue weighted by Gasteiger charge is 2.29. The first-order valence-electron chi connectivity index (χ1n) is 9.18. The molecule has 1 aromatic carbocycles. The number of nitrogens with one attached hydrogen (secondary N) is 1. The quantitative estimate of drug-likeness (QED) is 0.829. The minimum atomic E-state index is -0.230. The summed E-state index contributed by atoms with van der Waals surface area (Å²) in [6.45, 7) is 1.12. The molecular formula is C19H25N5O3S. The van der Waals surface area contributed by atoms with Gasteiger partial charge >= 0.3 is 6.03 Å². The summed E-state index contributed by atoms with van der Waals surface area (Å²) in [4.78, 5) is 28.0. The molecule has 1 atom stereocenters. The van der Waals surface area contributed by atoms with Crippen molar-refractivity contribution in [2.24, 2.45) is 5.92 Å². The van der Waals surface area contributed by atoms with Gasteiger partial charge in [0.1, 0.15) is 10.8 Å². The number of urea groups is 1. The summed E-state index contributed by atoms with van der Waals surface area (Å²) in [6, 6.07) is 7.72. The highest BCUT2D eigenvalue weighted by atomic mass is 32.1. The van der Waals surface area contributed by atoms with E-state index in [1.807, 2.05) is 24.3 Å². The highest BCUT2D eigenvalue weighted by molar-refractivity contribution is 7.15. The molecule has 0 radical (unpaired) electrons. The number of carbonyl (C=O) groups excluding carboxylic acids is 2. The fourth-order valence-corrected chi connectivity index (χ4v) is 3.93. The summed E-state index contributed by atoms with van der Waals surface area (Å²) >= 11 is 1.37. The maximum Gasteiger partial charge on any atom is 0.319 e. The highest BCUT2D eigenvalue weighted by Crippen LogP contribution is 2.23. The van der Waals surface area contributed by atoms with Gasteiger partial charge in [-0.05, 0) is 30.5 Å². The van der Waals surface area contributed by atoms with Crippen molar-refractivity contribution in [2.75, 3.05) is 39.6 Å². The van der Waals surface area contributed by atoms with Crippen LogP contribution in [0, 0.1) is 5.92 Å². The van der Waals surface area contributed by atoms with Crippen LogP contribution in [0.5, 0.6) is 5.75 Å². The van der Waals surface area contributed by atoms with E-state index in [4.69, 9.17) is 4.74 Å². The molecule has 1 aromatic heterocycles. The summed E-state index contributed by atoms with van der Waals surface area (Å²) < 4.78 is 5.16. The maximum atomic E-state index is 12.6. The van der Waals surface area contributed by atoms with E-state index in [2.05, 4.69) is 15.5 Å². The van der Waals surface area contributed by atoms with Crippen molar-refractivity contribution < 1.29 is 14.3 Å². The van der Waals surface area contributed by atoms with Crippen molar-refractivity contribution in [1.82, 2.24) is 20.0 Å². The van der Waals surface area contributed by atoms with Crippen LogP contribution in [-0.2, 0) is 11.2 Å². The van der Waals surface area contributed by atoms with Crippen molar-refractivity contribution in [3.63, 3.8) is 0 Å². The molecule has 3 rings (SSSR count). The molecule has 0 aliphatic carbocycles. The molecule has 0 bridgehead atoms. The molecule has 1 saturated heterocycles. The molecule has 1 aliphatic heterocycles. The van der Waals surface area contributed by atoms with E-state index in [-0.39, 0.29) is 17.9 Å². The summed E-state index contributed by atoms with van der Waals surface area (Å²) in [5.74, 6) is 0.471. The van der Waals surface area contributed by atoms with Crippen LogP contribution in [0.25, 0.3) is 0 Å². The minimum Gasteiger partial charge on any atom is -0.497 e. The van der Waals surface area contributed by atoms with E-state index in [9.17, 15) is 9.59 Å². The molecule has 0 saturated carbocycles. The summed E-state index contributed by atoms with van der Waals surface area (Å²) in [6.07, 6.45) is 2.23. The van der Waals surface area contributed by atoms with Crippen molar-refractivity contribution in [2.45, 2.75) is 19.3 Å². The molecule has 2 heterocycles. The Kier molecular flexibility index (Phi) is 6.45. The topological polar surface area (TPSA) is 87.7 Å². The Bertz CT molecular complexity index is 821. The number of methoxy groups -OCH3 is 1. The zero-order valence-corrected chi connectivity index (χ0v) is 17.2. The first-order chi connectivity index (χ1) is 13.5. The molecule has 1 aliphatic rings. The predicted molar refractivity (Wildman–Crippen MR) is 108 cm³/mol. The number of benzene rings is 1. The summed E-state index contributed by atoms with van der Waals surface area (Å²) in [7, 11) is 5.08. The molecule has 1 N–H and O–H groups in total.